The molecule has 140 valence electrons. The smallest absolute Gasteiger partial charge is 0.326 e. The average Bonchev–Trinajstić information content (AvgIpc) is 2.62. The number of benzene rings is 1. The van der Waals surface area contributed by atoms with Crippen molar-refractivity contribution in [3.8, 4) is 0 Å². The van der Waals surface area contributed by atoms with Gasteiger partial charge in [0.05, 0.1) is 22.1 Å². The lowest BCUT2D eigenvalue weighted by Gasteiger charge is -2.36. The molecule has 0 unspecified atom stereocenters. The maximum absolute atomic E-state index is 12.4. The van der Waals surface area contributed by atoms with Gasteiger partial charge in [-0.3, -0.25) is 9.78 Å². The van der Waals surface area contributed by atoms with Crippen LogP contribution in [0.15, 0.2) is 21.7 Å². The number of H-pyrrole nitrogens is 2. The largest absolute Gasteiger partial charge is 0.385 e. The fraction of sp³-hybridized carbons (Fsp3) is 0.600. The molecule has 1 heterocycles. The molecule has 4 rings (SSSR count). The van der Waals surface area contributed by atoms with Crippen molar-refractivity contribution in [1.82, 2.24) is 9.97 Å². The highest BCUT2D eigenvalue weighted by molar-refractivity contribution is 5.82. The molecule has 2 saturated carbocycles. The maximum atomic E-state index is 12.4. The SMILES string of the molecule is O=c1[nH]c(=O)c2cc(C3(O)CCCCC3)cc(C3(O)CCCCC3)c2[nH]1. The number of aliphatic hydroxyl groups is 2. The standard InChI is InChI=1S/C20H26N2O4/c23-17-14-11-13(19(25)7-3-1-4-8-19)12-15(16(14)21-18(24)22-17)20(26)9-5-2-6-10-20/h11-12,25-26H,1-10H2,(H2,21,22,23,24). The third-order valence-electron chi connectivity index (χ3n) is 6.25. The first-order chi connectivity index (χ1) is 12.4. The molecular weight excluding hydrogens is 332 g/mol. The van der Waals surface area contributed by atoms with E-state index in [9.17, 15) is 19.8 Å². The van der Waals surface area contributed by atoms with Crippen LogP contribution in [0.2, 0.25) is 0 Å². The minimum atomic E-state index is -1.08. The van der Waals surface area contributed by atoms with E-state index in [0.29, 0.717) is 47.7 Å². The van der Waals surface area contributed by atoms with Gasteiger partial charge in [-0.2, -0.15) is 0 Å². The zero-order valence-electron chi connectivity index (χ0n) is 14.9. The van der Waals surface area contributed by atoms with Crippen LogP contribution in [0.25, 0.3) is 10.9 Å². The van der Waals surface area contributed by atoms with Crippen molar-refractivity contribution in [2.24, 2.45) is 0 Å². The Morgan fingerprint density at radius 3 is 1.96 bits per heavy atom. The Morgan fingerprint density at radius 2 is 1.35 bits per heavy atom. The van der Waals surface area contributed by atoms with Gasteiger partial charge in [-0.25, -0.2) is 4.79 Å². The monoisotopic (exact) mass is 358 g/mol. The Bertz CT molecular complexity index is 931. The van der Waals surface area contributed by atoms with Gasteiger partial charge in [0.1, 0.15) is 0 Å². The minimum absolute atomic E-state index is 0.329. The van der Waals surface area contributed by atoms with Crippen molar-refractivity contribution in [2.45, 2.75) is 75.4 Å². The van der Waals surface area contributed by atoms with Crippen molar-refractivity contribution in [1.29, 1.82) is 0 Å². The highest BCUT2D eigenvalue weighted by Gasteiger charge is 2.37. The third-order valence-corrected chi connectivity index (χ3v) is 6.25. The number of hydrogen-bond acceptors (Lipinski definition) is 4. The molecule has 0 saturated heterocycles. The second-order valence-corrected chi connectivity index (χ2v) is 8.04. The molecule has 6 nitrogen and oxygen atoms in total. The molecule has 0 amide bonds. The van der Waals surface area contributed by atoms with Gasteiger partial charge in [0, 0.05) is 5.56 Å². The second kappa shape index (κ2) is 6.35. The molecule has 0 aliphatic heterocycles. The number of nitrogens with one attached hydrogen (secondary N) is 2. The molecule has 1 aromatic heterocycles. The molecular formula is C20H26N2O4. The Balaban J connectivity index is 1.98. The van der Waals surface area contributed by atoms with Crippen LogP contribution in [-0.4, -0.2) is 20.2 Å². The Kier molecular flexibility index (Phi) is 4.28. The topological polar surface area (TPSA) is 106 Å². The summed E-state index contributed by atoms with van der Waals surface area (Å²) in [6, 6.07) is 3.51. The molecule has 2 aliphatic rings. The summed E-state index contributed by atoms with van der Waals surface area (Å²) in [5.41, 5.74) is -1.46. The molecule has 1 aromatic carbocycles. The van der Waals surface area contributed by atoms with E-state index in [2.05, 4.69) is 9.97 Å². The summed E-state index contributed by atoms with van der Waals surface area (Å²) in [5.74, 6) is 0. The van der Waals surface area contributed by atoms with E-state index in [1.807, 2.05) is 6.07 Å². The Morgan fingerprint density at radius 1 is 0.769 bits per heavy atom. The van der Waals surface area contributed by atoms with Crippen LogP contribution in [-0.2, 0) is 11.2 Å². The first-order valence-electron chi connectivity index (χ1n) is 9.67. The summed E-state index contributed by atoms with van der Waals surface area (Å²) in [4.78, 5) is 29.3. The molecule has 6 heteroatoms. The summed E-state index contributed by atoms with van der Waals surface area (Å²) >= 11 is 0. The number of aromatic amines is 2. The van der Waals surface area contributed by atoms with Crippen molar-refractivity contribution in [3.05, 3.63) is 44.1 Å². The van der Waals surface area contributed by atoms with Gasteiger partial charge in [-0.15, -0.1) is 0 Å². The highest BCUT2D eigenvalue weighted by atomic mass is 16.3. The van der Waals surface area contributed by atoms with Crippen LogP contribution in [0, 0.1) is 0 Å². The van der Waals surface area contributed by atoms with Gasteiger partial charge in [-0.05, 0) is 43.4 Å². The summed E-state index contributed by atoms with van der Waals surface area (Å²) in [6.45, 7) is 0. The zero-order valence-corrected chi connectivity index (χ0v) is 14.9. The maximum Gasteiger partial charge on any atom is 0.326 e. The molecule has 26 heavy (non-hydrogen) atoms. The number of fused-ring (bicyclic) bond motifs is 1. The second-order valence-electron chi connectivity index (χ2n) is 8.04. The van der Waals surface area contributed by atoms with E-state index >= 15 is 0 Å². The normalized spacial score (nSPS) is 22.4. The van der Waals surface area contributed by atoms with Gasteiger partial charge < -0.3 is 15.2 Å². The fourth-order valence-electron chi connectivity index (χ4n) is 4.74. The van der Waals surface area contributed by atoms with Crippen molar-refractivity contribution in [2.75, 3.05) is 0 Å². The van der Waals surface area contributed by atoms with E-state index < -0.39 is 22.5 Å². The fourth-order valence-corrected chi connectivity index (χ4v) is 4.74. The van der Waals surface area contributed by atoms with Crippen LogP contribution in [0.3, 0.4) is 0 Å². The van der Waals surface area contributed by atoms with Crippen molar-refractivity contribution >= 4 is 10.9 Å². The molecule has 0 bridgehead atoms. The lowest BCUT2D eigenvalue weighted by Crippen LogP contribution is -2.34. The number of rotatable bonds is 2. The van der Waals surface area contributed by atoms with E-state index in [1.54, 1.807) is 6.07 Å². The first-order valence-corrected chi connectivity index (χ1v) is 9.67. The molecule has 2 fully saturated rings. The van der Waals surface area contributed by atoms with Gasteiger partial charge >= 0.3 is 5.69 Å². The van der Waals surface area contributed by atoms with E-state index in [-0.39, 0.29) is 0 Å². The summed E-state index contributed by atoms with van der Waals surface area (Å²) in [6.07, 6.45) is 8.35. The van der Waals surface area contributed by atoms with Gasteiger partial charge in [-0.1, -0.05) is 38.5 Å². The Hall–Kier alpha value is -1.92. The summed E-state index contributed by atoms with van der Waals surface area (Å²) in [5, 5.41) is 22.8. The minimum Gasteiger partial charge on any atom is -0.385 e. The highest BCUT2D eigenvalue weighted by Crippen LogP contribution is 2.43. The number of hydrogen-bond donors (Lipinski definition) is 4. The van der Waals surface area contributed by atoms with Crippen LogP contribution in [0.4, 0.5) is 0 Å². The van der Waals surface area contributed by atoms with Crippen molar-refractivity contribution < 1.29 is 10.2 Å². The average molecular weight is 358 g/mol. The van der Waals surface area contributed by atoms with Crippen LogP contribution >= 0.6 is 0 Å². The van der Waals surface area contributed by atoms with Gasteiger partial charge in [0.2, 0.25) is 0 Å². The van der Waals surface area contributed by atoms with E-state index in [1.165, 1.54) is 0 Å². The predicted octanol–water partition coefficient (Wildman–Crippen LogP) is 2.52. The molecule has 4 N–H and O–H groups in total. The van der Waals surface area contributed by atoms with Gasteiger partial charge in [0.15, 0.2) is 0 Å². The molecule has 0 spiro atoms. The van der Waals surface area contributed by atoms with E-state index in [0.717, 1.165) is 38.5 Å². The first kappa shape index (κ1) is 17.5. The lowest BCUT2D eigenvalue weighted by atomic mass is 9.75. The quantitative estimate of drug-likeness (QED) is 0.662. The summed E-state index contributed by atoms with van der Waals surface area (Å²) < 4.78 is 0. The zero-order chi connectivity index (χ0) is 18.4. The van der Waals surface area contributed by atoms with Crippen LogP contribution in [0.5, 0.6) is 0 Å². The molecule has 2 aromatic rings. The van der Waals surface area contributed by atoms with Crippen LogP contribution in [0.1, 0.15) is 75.3 Å². The number of aromatic nitrogens is 2. The molecule has 2 aliphatic carbocycles. The van der Waals surface area contributed by atoms with E-state index in [4.69, 9.17) is 0 Å². The van der Waals surface area contributed by atoms with Crippen molar-refractivity contribution in [3.63, 3.8) is 0 Å². The predicted molar refractivity (Wildman–Crippen MR) is 99.2 cm³/mol. The molecule has 0 atom stereocenters. The van der Waals surface area contributed by atoms with Crippen LogP contribution < -0.4 is 11.2 Å². The third kappa shape index (κ3) is 2.91. The lowest BCUT2D eigenvalue weighted by molar-refractivity contribution is -0.00595. The Labute approximate surface area is 151 Å². The summed E-state index contributed by atoms with van der Waals surface area (Å²) in [7, 11) is 0. The van der Waals surface area contributed by atoms with Gasteiger partial charge in [0.25, 0.3) is 5.56 Å². The molecule has 0 radical (unpaired) electrons.